The summed E-state index contributed by atoms with van der Waals surface area (Å²) in [6, 6.07) is 4.18. The Kier molecular flexibility index (Phi) is 11.4. The monoisotopic (exact) mass is 540 g/mol. The second-order valence-corrected chi connectivity index (χ2v) is 9.79. The van der Waals surface area contributed by atoms with E-state index in [1.807, 2.05) is 6.92 Å². The van der Waals surface area contributed by atoms with Gasteiger partial charge in [-0.15, -0.1) is 24.0 Å². The number of hydrogen-bond donors (Lipinski definition) is 2. The Hall–Kier alpha value is -0.940. The zero-order valence-corrected chi connectivity index (χ0v) is 20.7. The summed E-state index contributed by atoms with van der Waals surface area (Å²) in [6.45, 7) is 9.21. The first kappa shape index (κ1) is 26.1. The molecule has 1 unspecified atom stereocenters. The minimum absolute atomic E-state index is 0. The fourth-order valence-electron chi connectivity index (χ4n) is 3.49. The van der Waals surface area contributed by atoms with E-state index in [9.17, 15) is 12.8 Å². The summed E-state index contributed by atoms with van der Waals surface area (Å²) in [7, 11) is -3.20. The molecule has 2 rings (SSSR count). The Labute approximate surface area is 191 Å². The lowest BCUT2D eigenvalue weighted by Gasteiger charge is -2.30. The number of sulfone groups is 1. The molecule has 1 saturated heterocycles. The molecule has 0 amide bonds. The number of rotatable bonds is 8. The number of nitrogens with zero attached hydrogens (tertiary/aromatic N) is 2. The largest absolute Gasteiger partial charge is 0.357 e. The summed E-state index contributed by atoms with van der Waals surface area (Å²) >= 11 is 0. The number of aliphatic imine (C=N–C) groups is 1. The van der Waals surface area contributed by atoms with Crippen LogP contribution in [-0.4, -0.2) is 58.3 Å². The van der Waals surface area contributed by atoms with Crippen LogP contribution in [0.1, 0.15) is 37.8 Å². The first-order valence-electron chi connectivity index (χ1n) is 9.96. The first-order valence-corrected chi connectivity index (χ1v) is 12.0. The Balaban J connectivity index is 0.00000420. The summed E-state index contributed by atoms with van der Waals surface area (Å²) in [5, 5.41) is 6.51. The van der Waals surface area contributed by atoms with Crippen LogP contribution in [0.2, 0.25) is 0 Å². The van der Waals surface area contributed by atoms with E-state index in [1.165, 1.54) is 37.3 Å². The van der Waals surface area contributed by atoms with Gasteiger partial charge in [-0.2, -0.15) is 0 Å². The molecule has 6 nitrogen and oxygen atoms in total. The van der Waals surface area contributed by atoms with Crippen molar-refractivity contribution >= 4 is 39.8 Å². The van der Waals surface area contributed by atoms with Gasteiger partial charge in [0.15, 0.2) is 15.8 Å². The van der Waals surface area contributed by atoms with Gasteiger partial charge in [-0.3, -0.25) is 0 Å². The molecule has 166 valence electrons. The van der Waals surface area contributed by atoms with Crippen molar-refractivity contribution in [3.05, 3.63) is 35.1 Å². The lowest BCUT2D eigenvalue weighted by atomic mass is 10.0. The van der Waals surface area contributed by atoms with Gasteiger partial charge >= 0.3 is 0 Å². The second-order valence-electron chi connectivity index (χ2n) is 7.65. The van der Waals surface area contributed by atoms with E-state index in [-0.39, 0.29) is 42.1 Å². The first-order chi connectivity index (χ1) is 13.3. The number of piperidine rings is 1. The maximum absolute atomic E-state index is 13.7. The Morgan fingerprint density at radius 2 is 2.07 bits per heavy atom. The second kappa shape index (κ2) is 12.7. The van der Waals surface area contributed by atoms with E-state index >= 15 is 0 Å². The summed E-state index contributed by atoms with van der Waals surface area (Å²) in [4.78, 5) is 6.99. The smallest absolute Gasteiger partial charge is 0.191 e. The highest BCUT2D eigenvalue weighted by atomic mass is 127. The lowest BCUT2D eigenvalue weighted by Crippen LogP contribution is -2.43. The minimum atomic E-state index is -3.20. The number of hydrogen-bond acceptors (Lipinski definition) is 4. The molecule has 0 aliphatic carbocycles. The molecule has 0 bridgehead atoms. The molecule has 1 atom stereocenters. The highest BCUT2D eigenvalue weighted by molar-refractivity contribution is 14.0. The van der Waals surface area contributed by atoms with E-state index in [4.69, 9.17) is 0 Å². The molecular formula is C20H34FIN4O2S. The molecule has 0 saturated carbocycles. The van der Waals surface area contributed by atoms with Crippen molar-refractivity contribution in [3.63, 3.8) is 0 Å². The van der Waals surface area contributed by atoms with Crippen molar-refractivity contribution < 1.29 is 12.8 Å². The summed E-state index contributed by atoms with van der Waals surface area (Å²) < 4.78 is 36.9. The van der Waals surface area contributed by atoms with Crippen LogP contribution in [0.5, 0.6) is 0 Å². The summed E-state index contributed by atoms with van der Waals surface area (Å²) in [6.07, 6.45) is 3.73. The number of halogens is 2. The molecule has 9 heteroatoms. The van der Waals surface area contributed by atoms with E-state index < -0.39 is 9.84 Å². The molecule has 1 aromatic rings. The van der Waals surface area contributed by atoms with Gasteiger partial charge in [0, 0.05) is 32.4 Å². The van der Waals surface area contributed by atoms with Crippen molar-refractivity contribution in [3.8, 4) is 0 Å². The fraction of sp³-hybridized carbons (Fsp3) is 0.650. The van der Waals surface area contributed by atoms with Gasteiger partial charge in [-0.25, -0.2) is 17.8 Å². The average Bonchev–Trinajstić information content (AvgIpc) is 2.60. The van der Waals surface area contributed by atoms with E-state index in [0.29, 0.717) is 23.6 Å². The third-order valence-corrected chi connectivity index (χ3v) is 5.63. The molecule has 1 aliphatic heterocycles. The van der Waals surface area contributed by atoms with Crippen molar-refractivity contribution in [2.75, 3.05) is 39.0 Å². The van der Waals surface area contributed by atoms with Gasteiger partial charge in [0.2, 0.25) is 0 Å². The van der Waals surface area contributed by atoms with Crippen LogP contribution in [-0.2, 0) is 22.1 Å². The van der Waals surface area contributed by atoms with Crippen LogP contribution in [0.15, 0.2) is 23.2 Å². The molecule has 0 aromatic heterocycles. The Bertz CT molecular complexity index is 774. The third-order valence-electron chi connectivity index (χ3n) is 4.80. The summed E-state index contributed by atoms with van der Waals surface area (Å²) in [5.74, 6) is 0.897. The topological polar surface area (TPSA) is 73.8 Å². The van der Waals surface area contributed by atoms with Gasteiger partial charge in [-0.05, 0) is 55.5 Å². The van der Waals surface area contributed by atoms with Crippen molar-refractivity contribution in [2.45, 2.75) is 39.0 Å². The molecule has 2 N–H and O–H groups in total. The third kappa shape index (κ3) is 10.1. The summed E-state index contributed by atoms with van der Waals surface area (Å²) in [5.41, 5.74) is 1.18. The molecule has 29 heavy (non-hydrogen) atoms. The molecule has 1 heterocycles. The van der Waals surface area contributed by atoms with Gasteiger partial charge in [0.05, 0.1) is 12.3 Å². The van der Waals surface area contributed by atoms with Crippen molar-refractivity contribution in [1.29, 1.82) is 0 Å². The van der Waals surface area contributed by atoms with Crippen molar-refractivity contribution in [2.24, 2.45) is 10.9 Å². The lowest BCUT2D eigenvalue weighted by molar-refractivity contribution is 0.187. The minimum Gasteiger partial charge on any atom is -0.357 e. The van der Waals surface area contributed by atoms with E-state index in [2.05, 4.69) is 27.4 Å². The van der Waals surface area contributed by atoms with Gasteiger partial charge in [-0.1, -0.05) is 13.0 Å². The normalized spacial score (nSPS) is 18.2. The Morgan fingerprint density at radius 3 is 2.72 bits per heavy atom. The maximum atomic E-state index is 13.7. The van der Waals surface area contributed by atoms with Crippen LogP contribution < -0.4 is 10.6 Å². The number of guanidine groups is 1. The van der Waals surface area contributed by atoms with Crippen LogP contribution in [0.4, 0.5) is 4.39 Å². The Morgan fingerprint density at radius 1 is 1.31 bits per heavy atom. The van der Waals surface area contributed by atoms with Crippen LogP contribution in [0.25, 0.3) is 0 Å². The van der Waals surface area contributed by atoms with Gasteiger partial charge in [0.1, 0.15) is 5.82 Å². The average molecular weight is 540 g/mol. The number of likely N-dealkylation sites (tertiary alicyclic amines) is 1. The molecule has 0 spiro atoms. The van der Waals surface area contributed by atoms with Crippen molar-refractivity contribution in [1.82, 2.24) is 15.5 Å². The van der Waals surface area contributed by atoms with Crippen LogP contribution in [0.3, 0.4) is 0 Å². The zero-order chi connectivity index (χ0) is 20.6. The predicted molar refractivity (Wildman–Crippen MR) is 128 cm³/mol. The van der Waals surface area contributed by atoms with E-state index in [0.717, 1.165) is 32.1 Å². The standard InChI is InChI=1S/C20H33FN4O2S.HI/c1-4-22-20(23-9-11-25-10-5-6-16(2)14-25)24-13-18-12-19(21)8-7-17(18)15-28(3,26)27;/h7-8,12,16H,4-6,9-11,13-15H2,1-3H3,(H2,22,23,24);1H. The molecule has 0 radical (unpaired) electrons. The molecule has 1 aromatic carbocycles. The van der Waals surface area contributed by atoms with E-state index in [1.54, 1.807) is 0 Å². The fourth-order valence-corrected chi connectivity index (χ4v) is 4.34. The number of benzene rings is 1. The molecule has 1 fully saturated rings. The van der Waals surface area contributed by atoms with Gasteiger partial charge < -0.3 is 15.5 Å². The highest BCUT2D eigenvalue weighted by Crippen LogP contribution is 2.16. The highest BCUT2D eigenvalue weighted by Gasteiger charge is 2.15. The zero-order valence-electron chi connectivity index (χ0n) is 17.6. The quantitative estimate of drug-likeness (QED) is 0.302. The number of nitrogens with one attached hydrogen (secondary N) is 2. The van der Waals surface area contributed by atoms with Crippen LogP contribution >= 0.6 is 24.0 Å². The van der Waals surface area contributed by atoms with Crippen LogP contribution in [0, 0.1) is 11.7 Å². The SMILES string of the molecule is CCNC(=NCc1cc(F)ccc1CS(C)(=O)=O)NCCN1CCCC(C)C1.I. The molecular weight excluding hydrogens is 506 g/mol. The molecule has 1 aliphatic rings. The van der Waals surface area contributed by atoms with Gasteiger partial charge in [0.25, 0.3) is 0 Å². The maximum Gasteiger partial charge on any atom is 0.191 e. The predicted octanol–water partition coefficient (Wildman–Crippen LogP) is 2.78.